The Labute approximate surface area is 162 Å². The molecule has 0 bridgehead atoms. The number of benzene rings is 2. The lowest BCUT2D eigenvalue weighted by molar-refractivity contribution is 0.0286. The van der Waals surface area contributed by atoms with Crippen LogP contribution in [0.15, 0.2) is 52.9 Å². The number of carbonyl (C=O) groups is 1. The summed E-state index contributed by atoms with van der Waals surface area (Å²) in [6, 6.07) is 13.4. The molecule has 0 aliphatic heterocycles. The zero-order chi connectivity index (χ0) is 19.0. The third kappa shape index (κ3) is 3.43. The molecule has 2 heterocycles. The fourth-order valence-electron chi connectivity index (χ4n) is 2.53. The maximum atomic E-state index is 13.4. The van der Waals surface area contributed by atoms with Crippen LogP contribution in [0, 0.1) is 5.82 Å². The van der Waals surface area contributed by atoms with E-state index in [1.165, 1.54) is 18.2 Å². The third-order valence-electron chi connectivity index (χ3n) is 3.87. The van der Waals surface area contributed by atoms with E-state index in [-0.39, 0.29) is 15.8 Å². The molecule has 4 aromatic rings. The predicted octanol–water partition coefficient (Wildman–Crippen LogP) is 5.66. The first kappa shape index (κ1) is 17.6. The normalized spacial score (nSPS) is 12.3. The van der Waals surface area contributed by atoms with E-state index in [9.17, 15) is 9.18 Å². The van der Waals surface area contributed by atoms with Gasteiger partial charge in [-0.25, -0.2) is 9.18 Å². The molecule has 27 heavy (non-hydrogen) atoms. The Kier molecular flexibility index (Phi) is 4.63. The second-order valence-electron chi connectivity index (χ2n) is 5.74. The molecule has 2 aromatic carbocycles. The molecule has 0 radical (unpaired) electrons. The van der Waals surface area contributed by atoms with E-state index in [2.05, 4.69) is 10.2 Å². The lowest BCUT2D eigenvalue weighted by atomic mass is 10.2. The van der Waals surface area contributed by atoms with Gasteiger partial charge in [0.05, 0.1) is 5.02 Å². The summed E-state index contributed by atoms with van der Waals surface area (Å²) in [6.07, 6.45) is -0.763. The fraction of sp³-hybridized carbons (Fsp3) is 0.105. The van der Waals surface area contributed by atoms with E-state index >= 15 is 0 Å². The van der Waals surface area contributed by atoms with Crippen molar-refractivity contribution in [2.24, 2.45) is 0 Å². The standard InChI is InChI=1S/C19H12ClFN2O3S/c1-10(17-22-23-18(26-17)11-5-3-2-4-6-11)25-19(24)16-15(20)13-8-7-12(21)9-14(13)27-16/h2-10H,1H3/t10-/m0/s1. The molecule has 0 spiro atoms. The van der Waals surface area contributed by atoms with Crippen LogP contribution in [0.4, 0.5) is 4.39 Å². The van der Waals surface area contributed by atoms with Crippen LogP contribution in [-0.4, -0.2) is 16.2 Å². The molecule has 0 unspecified atom stereocenters. The van der Waals surface area contributed by atoms with Crippen LogP contribution in [0.25, 0.3) is 21.5 Å². The number of hydrogen-bond donors (Lipinski definition) is 0. The van der Waals surface area contributed by atoms with Gasteiger partial charge in [-0.3, -0.25) is 0 Å². The lowest BCUT2D eigenvalue weighted by Gasteiger charge is -2.08. The van der Waals surface area contributed by atoms with Crippen molar-refractivity contribution in [1.29, 1.82) is 0 Å². The van der Waals surface area contributed by atoms with Gasteiger partial charge in [0.1, 0.15) is 10.7 Å². The Morgan fingerprint density at radius 1 is 1.22 bits per heavy atom. The molecule has 0 saturated carbocycles. The minimum atomic E-state index is -0.763. The summed E-state index contributed by atoms with van der Waals surface area (Å²) < 4.78 is 24.9. The summed E-state index contributed by atoms with van der Waals surface area (Å²) in [5.74, 6) is -0.518. The zero-order valence-electron chi connectivity index (χ0n) is 14.0. The van der Waals surface area contributed by atoms with E-state index in [1.54, 1.807) is 6.92 Å². The van der Waals surface area contributed by atoms with E-state index in [0.717, 1.165) is 16.9 Å². The number of nitrogens with zero attached hydrogens (tertiary/aromatic N) is 2. The van der Waals surface area contributed by atoms with Crippen molar-refractivity contribution in [3.05, 3.63) is 70.1 Å². The van der Waals surface area contributed by atoms with Crippen molar-refractivity contribution in [2.45, 2.75) is 13.0 Å². The van der Waals surface area contributed by atoms with Crippen LogP contribution >= 0.6 is 22.9 Å². The topological polar surface area (TPSA) is 65.2 Å². The maximum Gasteiger partial charge on any atom is 0.350 e. The third-order valence-corrected chi connectivity index (χ3v) is 5.51. The first-order valence-electron chi connectivity index (χ1n) is 8.00. The summed E-state index contributed by atoms with van der Waals surface area (Å²) in [5, 5.41) is 8.76. The van der Waals surface area contributed by atoms with Crippen molar-refractivity contribution < 1.29 is 18.3 Å². The van der Waals surface area contributed by atoms with Gasteiger partial charge in [-0.05, 0) is 37.3 Å². The first-order chi connectivity index (χ1) is 13.0. The molecule has 0 aliphatic rings. The highest BCUT2D eigenvalue weighted by Crippen LogP contribution is 2.37. The predicted molar refractivity (Wildman–Crippen MR) is 100 cm³/mol. The molecule has 136 valence electrons. The molecular weight excluding hydrogens is 391 g/mol. The molecule has 0 fully saturated rings. The van der Waals surface area contributed by atoms with Gasteiger partial charge in [0.15, 0.2) is 6.10 Å². The highest BCUT2D eigenvalue weighted by atomic mass is 35.5. The number of fused-ring (bicyclic) bond motifs is 1. The first-order valence-corrected chi connectivity index (χ1v) is 9.19. The van der Waals surface area contributed by atoms with Crippen molar-refractivity contribution in [3.8, 4) is 11.5 Å². The highest BCUT2D eigenvalue weighted by Gasteiger charge is 2.24. The van der Waals surface area contributed by atoms with Crippen LogP contribution in [0.2, 0.25) is 5.02 Å². The van der Waals surface area contributed by atoms with Crippen molar-refractivity contribution in [3.63, 3.8) is 0 Å². The van der Waals surface area contributed by atoms with Crippen LogP contribution in [0.5, 0.6) is 0 Å². The minimum Gasteiger partial charge on any atom is -0.448 e. The highest BCUT2D eigenvalue weighted by molar-refractivity contribution is 7.21. The molecule has 0 amide bonds. The number of esters is 1. The minimum absolute atomic E-state index is 0.172. The van der Waals surface area contributed by atoms with Crippen LogP contribution < -0.4 is 0 Å². The number of hydrogen-bond acceptors (Lipinski definition) is 6. The number of halogens is 2. The van der Waals surface area contributed by atoms with E-state index in [1.807, 2.05) is 30.3 Å². The summed E-state index contributed by atoms with van der Waals surface area (Å²) in [6.45, 7) is 1.63. The summed E-state index contributed by atoms with van der Waals surface area (Å²) in [5.41, 5.74) is 0.768. The van der Waals surface area contributed by atoms with Gasteiger partial charge < -0.3 is 9.15 Å². The Morgan fingerprint density at radius 2 is 2.00 bits per heavy atom. The van der Waals surface area contributed by atoms with Crippen LogP contribution in [-0.2, 0) is 4.74 Å². The second kappa shape index (κ2) is 7.09. The Bertz CT molecular complexity index is 1130. The number of rotatable bonds is 4. The molecule has 1 atom stereocenters. The number of ether oxygens (including phenoxy) is 1. The SMILES string of the molecule is C[C@H](OC(=O)c1sc2cc(F)ccc2c1Cl)c1nnc(-c2ccccc2)o1. The lowest BCUT2D eigenvalue weighted by Crippen LogP contribution is -2.08. The number of aromatic nitrogens is 2. The van der Waals surface area contributed by atoms with Crippen molar-refractivity contribution in [1.82, 2.24) is 10.2 Å². The Hall–Kier alpha value is -2.77. The van der Waals surface area contributed by atoms with Crippen LogP contribution in [0.1, 0.15) is 28.6 Å². The molecule has 4 rings (SSSR count). The number of thiophene rings is 1. The van der Waals surface area contributed by atoms with Gasteiger partial charge in [-0.15, -0.1) is 21.5 Å². The average Bonchev–Trinajstić information content (AvgIpc) is 3.28. The molecule has 2 aromatic heterocycles. The van der Waals surface area contributed by atoms with Gasteiger partial charge in [0, 0.05) is 15.6 Å². The van der Waals surface area contributed by atoms with Crippen molar-refractivity contribution >= 4 is 39.0 Å². The van der Waals surface area contributed by atoms with Crippen molar-refractivity contribution in [2.75, 3.05) is 0 Å². The smallest absolute Gasteiger partial charge is 0.350 e. The quantitative estimate of drug-likeness (QED) is 0.412. The molecule has 0 saturated heterocycles. The Morgan fingerprint density at radius 3 is 2.78 bits per heavy atom. The van der Waals surface area contributed by atoms with Gasteiger partial charge in [-0.2, -0.15) is 0 Å². The molecule has 0 N–H and O–H groups in total. The van der Waals surface area contributed by atoms with Crippen LogP contribution in [0.3, 0.4) is 0 Å². The van der Waals surface area contributed by atoms with E-state index in [0.29, 0.717) is 16.0 Å². The fourth-order valence-corrected chi connectivity index (χ4v) is 3.95. The summed E-state index contributed by atoms with van der Waals surface area (Å²) >= 11 is 7.33. The molecule has 8 heteroatoms. The average molecular weight is 403 g/mol. The molecule has 5 nitrogen and oxygen atoms in total. The van der Waals surface area contributed by atoms with Gasteiger partial charge in [0.2, 0.25) is 5.89 Å². The van der Waals surface area contributed by atoms with Gasteiger partial charge >= 0.3 is 5.97 Å². The summed E-state index contributed by atoms with van der Waals surface area (Å²) in [4.78, 5) is 12.7. The monoisotopic (exact) mass is 402 g/mol. The van der Waals surface area contributed by atoms with Gasteiger partial charge in [0.25, 0.3) is 5.89 Å². The zero-order valence-corrected chi connectivity index (χ0v) is 15.6. The van der Waals surface area contributed by atoms with Gasteiger partial charge in [-0.1, -0.05) is 29.8 Å². The second-order valence-corrected chi connectivity index (χ2v) is 7.17. The molecular formula is C19H12ClFN2O3S. The largest absolute Gasteiger partial charge is 0.448 e. The number of carbonyl (C=O) groups excluding carboxylic acids is 1. The van der Waals surface area contributed by atoms with E-state index < -0.39 is 17.9 Å². The molecule has 0 aliphatic carbocycles. The summed E-state index contributed by atoms with van der Waals surface area (Å²) in [7, 11) is 0. The Balaban J connectivity index is 1.55. The van der Waals surface area contributed by atoms with E-state index in [4.69, 9.17) is 20.8 Å². The maximum absolute atomic E-state index is 13.4.